The molecule has 2 rings (SSSR count). The van der Waals surface area contributed by atoms with Crippen LogP contribution in [0.5, 0.6) is 0 Å². The van der Waals surface area contributed by atoms with E-state index in [1.54, 1.807) is 23.5 Å². The molecule has 0 saturated carbocycles. The third kappa shape index (κ3) is 2.48. The predicted molar refractivity (Wildman–Crippen MR) is 78.8 cm³/mol. The predicted octanol–water partition coefficient (Wildman–Crippen LogP) is 4.91. The lowest BCUT2D eigenvalue weighted by Crippen LogP contribution is -2.14. The second-order valence-electron chi connectivity index (χ2n) is 3.91. The molecule has 5 heteroatoms. The minimum Gasteiger partial charge on any atom is -0.320 e. The van der Waals surface area contributed by atoms with E-state index in [-0.39, 0.29) is 5.02 Å². The molecular formula is C13H12BrClFNS. The van der Waals surface area contributed by atoms with E-state index < -0.39 is 11.9 Å². The minimum atomic E-state index is -0.467. The van der Waals surface area contributed by atoms with Crippen LogP contribution in [0.4, 0.5) is 4.39 Å². The highest BCUT2D eigenvalue weighted by molar-refractivity contribution is 9.10. The highest BCUT2D eigenvalue weighted by atomic mass is 79.9. The van der Waals surface area contributed by atoms with E-state index in [4.69, 9.17) is 17.3 Å². The van der Waals surface area contributed by atoms with E-state index in [2.05, 4.69) is 22.9 Å². The van der Waals surface area contributed by atoms with Crippen molar-refractivity contribution in [1.29, 1.82) is 0 Å². The van der Waals surface area contributed by atoms with Gasteiger partial charge >= 0.3 is 0 Å². The van der Waals surface area contributed by atoms with Gasteiger partial charge in [0, 0.05) is 14.9 Å². The van der Waals surface area contributed by atoms with Gasteiger partial charge in [0.2, 0.25) is 0 Å². The third-order valence-electron chi connectivity index (χ3n) is 2.84. The van der Waals surface area contributed by atoms with Crippen molar-refractivity contribution in [3.05, 3.63) is 54.9 Å². The van der Waals surface area contributed by atoms with Crippen molar-refractivity contribution < 1.29 is 4.39 Å². The molecule has 0 saturated heterocycles. The largest absolute Gasteiger partial charge is 0.320 e. The third-order valence-corrected chi connectivity index (χ3v) is 5.15. The lowest BCUT2D eigenvalue weighted by atomic mass is 10.0. The highest BCUT2D eigenvalue weighted by Gasteiger charge is 2.20. The SMILES string of the molecule is CCc1ccsc1C(N)c1ccc(Br)c(Cl)c1F. The molecule has 0 amide bonds. The van der Waals surface area contributed by atoms with Crippen molar-refractivity contribution in [1.82, 2.24) is 0 Å². The van der Waals surface area contributed by atoms with Crippen LogP contribution in [0.25, 0.3) is 0 Å². The van der Waals surface area contributed by atoms with Gasteiger partial charge in [-0.05, 0) is 45.4 Å². The number of nitrogens with two attached hydrogens (primary N) is 1. The molecule has 96 valence electrons. The standard InChI is InChI=1S/C13H12BrClFNS/c1-2-7-5-6-18-13(7)12(17)8-3-4-9(14)10(15)11(8)16/h3-6,12H,2,17H2,1H3. The summed E-state index contributed by atoms with van der Waals surface area (Å²) >= 11 is 10.6. The summed E-state index contributed by atoms with van der Waals surface area (Å²) in [6.07, 6.45) is 0.887. The smallest absolute Gasteiger partial charge is 0.148 e. The Bertz CT molecular complexity index is 570. The summed E-state index contributed by atoms with van der Waals surface area (Å²) in [6, 6.07) is 4.96. The average molecular weight is 349 g/mol. The van der Waals surface area contributed by atoms with Crippen LogP contribution in [-0.2, 0) is 6.42 Å². The summed E-state index contributed by atoms with van der Waals surface area (Å²) in [5.74, 6) is -0.450. The van der Waals surface area contributed by atoms with E-state index in [0.29, 0.717) is 10.0 Å². The number of hydrogen-bond acceptors (Lipinski definition) is 2. The van der Waals surface area contributed by atoms with Crippen LogP contribution in [0.1, 0.15) is 29.0 Å². The average Bonchev–Trinajstić information content (AvgIpc) is 2.83. The Morgan fingerprint density at radius 1 is 1.44 bits per heavy atom. The summed E-state index contributed by atoms with van der Waals surface area (Å²) in [5, 5.41) is 2.06. The number of thiophene rings is 1. The van der Waals surface area contributed by atoms with Crippen molar-refractivity contribution in [3.63, 3.8) is 0 Å². The van der Waals surface area contributed by atoms with Crippen LogP contribution in [0, 0.1) is 5.82 Å². The molecule has 1 unspecified atom stereocenters. The van der Waals surface area contributed by atoms with Gasteiger partial charge in [0.1, 0.15) is 5.82 Å². The fourth-order valence-electron chi connectivity index (χ4n) is 1.83. The summed E-state index contributed by atoms with van der Waals surface area (Å²) in [4.78, 5) is 0.995. The lowest BCUT2D eigenvalue weighted by molar-refractivity contribution is 0.600. The zero-order valence-corrected chi connectivity index (χ0v) is 12.9. The second-order valence-corrected chi connectivity index (χ2v) is 6.09. The van der Waals surface area contributed by atoms with Gasteiger partial charge in [0.15, 0.2) is 0 Å². The summed E-state index contributed by atoms with van der Waals surface area (Å²) in [5.41, 5.74) is 7.74. The molecule has 0 spiro atoms. The summed E-state index contributed by atoms with van der Waals surface area (Å²) in [7, 11) is 0. The zero-order chi connectivity index (χ0) is 13.3. The van der Waals surface area contributed by atoms with Gasteiger partial charge in [-0.1, -0.05) is 24.6 Å². The van der Waals surface area contributed by atoms with Crippen molar-refractivity contribution >= 4 is 38.9 Å². The van der Waals surface area contributed by atoms with Crippen LogP contribution < -0.4 is 5.73 Å². The fraction of sp³-hybridized carbons (Fsp3) is 0.231. The number of halogens is 3. The zero-order valence-electron chi connectivity index (χ0n) is 9.71. The summed E-state index contributed by atoms with van der Waals surface area (Å²) < 4.78 is 14.6. The lowest BCUT2D eigenvalue weighted by Gasteiger charge is -2.14. The van der Waals surface area contributed by atoms with Crippen LogP contribution in [0.2, 0.25) is 5.02 Å². The molecule has 1 heterocycles. The first-order chi connectivity index (χ1) is 8.56. The molecule has 0 aliphatic heterocycles. The van der Waals surface area contributed by atoms with E-state index in [1.807, 2.05) is 11.4 Å². The maximum absolute atomic E-state index is 14.1. The quantitative estimate of drug-likeness (QED) is 0.783. The van der Waals surface area contributed by atoms with Crippen molar-refractivity contribution in [3.8, 4) is 0 Å². The van der Waals surface area contributed by atoms with Gasteiger partial charge in [-0.15, -0.1) is 11.3 Å². The first kappa shape index (κ1) is 14.0. The molecule has 0 radical (unpaired) electrons. The van der Waals surface area contributed by atoms with E-state index >= 15 is 0 Å². The van der Waals surface area contributed by atoms with Crippen molar-refractivity contribution in [2.24, 2.45) is 5.73 Å². The fourth-order valence-corrected chi connectivity index (χ4v) is 3.33. The molecule has 18 heavy (non-hydrogen) atoms. The van der Waals surface area contributed by atoms with Crippen LogP contribution in [0.3, 0.4) is 0 Å². The van der Waals surface area contributed by atoms with Crippen LogP contribution >= 0.6 is 38.9 Å². The Morgan fingerprint density at radius 3 is 2.83 bits per heavy atom. The molecule has 1 aromatic heterocycles. The number of rotatable bonds is 3. The van der Waals surface area contributed by atoms with Gasteiger partial charge in [-0.2, -0.15) is 0 Å². The number of benzene rings is 1. The molecule has 2 aromatic rings. The maximum atomic E-state index is 14.1. The number of aryl methyl sites for hydroxylation is 1. The van der Waals surface area contributed by atoms with Crippen LogP contribution in [0.15, 0.2) is 28.1 Å². The molecule has 1 atom stereocenters. The normalized spacial score (nSPS) is 12.7. The Balaban J connectivity index is 2.46. The Kier molecular flexibility index (Phi) is 4.43. The number of hydrogen-bond donors (Lipinski definition) is 1. The minimum absolute atomic E-state index is 0.0811. The molecular weight excluding hydrogens is 337 g/mol. The second kappa shape index (κ2) is 5.70. The Morgan fingerprint density at radius 2 is 2.17 bits per heavy atom. The molecule has 0 aliphatic rings. The summed E-state index contributed by atoms with van der Waals surface area (Å²) in [6.45, 7) is 2.06. The molecule has 0 aliphatic carbocycles. The monoisotopic (exact) mass is 347 g/mol. The van der Waals surface area contributed by atoms with Gasteiger partial charge in [-0.3, -0.25) is 0 Å². The van der Waals surface area contributed by atoms with E-state index in [0.717, 1.165) is 16.9 Å². The van der Waals surface area contributed by atoms with Gasteiger partial charge in [-0.25, -0.2) is 4.39 Å². The van der Waals surface area contributed by atoms with Crippen molar-refractivity contribution in [2.75, 3.05) is 0 Å². The molecule has 1 aromatic carbocycles. The van der Waals surface area contributed by atoms with Gasteiger partial charge in [0.05, 0.1) is 11.1 Å². The topological polar surface area (TPSA) is 26.0 Å². The Labute approximate surface area is 123 Å². The molecule has 0 fully saturated rings. The van der Waals surface area contributed by atoms with Crippen LogP contribution in [-0.4, -0.2) is 0 Å². The van der Waals surface area contributed by atoms with E-state index in [9.17, 15) is 4.39 Å². The highest BCUT2D eigenvalue weighted by Crippen LogP contribution is 2.34. The first-order valence-corrected chi connectivity index (χ1v) is 7.56. The van der Waals surface area contributed by atoms with Gasteiger partial charge in [0.25, 0.3) is 0 Å². The molecule has 1 nitrogen and oxygen atoms in total. The Hall–Kier alpha value is -0.420. The maximum Gasteiger partial charge on any atom is 0.148 e. The first-order valence-electron chi connectivity index (χ1n) is 5.51. The molecule has 0 bridgehead atoms. The van der Waals surface area contributed by atoms with E-state index in [1.165, 1.54) is 0 Å². The molecule has 2 N–H and O–H groups in total. The van der Waals surface area contributed by atoms with Crippen molar-refractivity contribution in [2.45, 2.75) is 19.4 Å². The van der Waals surface area contributed by atoms with Gasteiger partial charge < -0.3 is 5.73 Å².